The molecule has 0 spiro atoms. The van der Waals surface area contributed by atoms with Crippen molar-refractivity contribution < 1.29 is 13.9 Å². The molecule has 1 heterocycles. The second-order valence-corrected chi connectivity index (χ2v) is 5.57. The third-order valence-electron chi connectivity index (χ3n) is 3.12. The summed E-state index contributed by atoms with van der Waals surface area (Å²) in [5.74, 6) is -0.976. The fraction of sp³-hybridized carbons (Fsp3) is 0.462. The number of amides is 1. The van der Waals surface area contributed by atoms with E-state index in [2.05, 4.69) is 15.9 Å². The van der Waals surface area contributed by atoms with E-state index < -0.39 is 5.82 Å². The molecular weight excluding hydrogens is 337 g/mol. The van der Waals surface area contributed by atoms with E-state index in [4.69, 9.17) is 16.3 Å². The first-order valence-electron chi connectivity index (χ1n) is 5.97. The van der Waals surface area contributed by atoms with E-state index in [0.717, 1.165) is 0 Å². The van der Waals surface area contributed by atoms with Crippen LogP contribution in [-0.2, 0) is 4.74 Å². The van der Waals surface area contributed by atoms with E-state index in [1.165, 1.54) is 18.2 Å². The lowest BCUT2D eigenvalue weighted by molar-refractivity contribution is -0.0362. The Hall–Kier alpha value is -0.650. The van der Waals surface area contributed by atoms with E-state index in [0.29, 0.717) is 18.5 Å². The van der Waals surface area contributed by atoms with Crippen LogP contribution >= 0.6 is 27.5 Å². The molecular formula is C13H14BrClFNO2. The Morgan fingerprint density at radius 3 is 3.00 bits per heavy atom. The summed E-state index contributed by atoms with van der Waals surface area (Å²) < 4.78 is 19.3. The zero-order valence-electron chi connectivity index (χ0n) is 10.4. The van der Waals surface area contributed by atoms with Crippen LogP contribution in [0.4, 0.5) is 4.39 Å². The molecule has 0 saturated carbocycles. The molecule has 1 aromatic rings. The topological polar surface area (TPSA) is 29.5 Å². The quantitative estimate of drug-likeness (QED) is 0.767. The molecule has 2 atom stereocenters. The van der Waals surface area contributed by atoms with Crippen LogP contribution in [0.25, 0.3) is 0 Å². The summed E-state index contributed by atoms with van der Waals surface area (Å²) in [5.41, 5.74) is -0.0637. The summed E-state index contributed by atoms with van der Waals surface area (Å²) in [6.07, 6.45) is -0.0781. The summed E-state index contributed by atoms with van der Waals surface area (Å²) in [7, 11) is 0. The third kappa shape index (κ3) is 3.09. The Morgan fingerprint density at radius 1 is 1.63 bits per heavy atom. The van der Waals surface area contributed by atoms with Crippen LogP contribution in [0, 0.1) is 5.82 Å². The van der Waals surface area contributed by atoms with Gasteiger partial charge in [-0.25, -0.2) is 4.39 Å². The molecule has 1 fully saturated rings. The van der Waals surface area contributed by atoms with Gasteiger partial charge < -0.3 is 9.64 Å². The molecule has 0 N–H and O–H groups in total. The number of alkyl halides is 1. The maximum Gasteiger partial charge on any atom is 0.258 e. The van der Waals surface area contributed by atoms with Crippen LogP contribution in [0.3, 0.4) is 0 Å². The Morgan fingerprint density at radius 2 is 2.37 bits per heavy atom. The van der Waals surface area contributed by atoms with Crippen molar-refractivity contribution in [2.75, 3.05) is 18.5 Å². The average Bonchev–Trinajstić information content (AvgIpc) is 2.39. The van der Waals surface area contributed by atoms with Gasteiger partial charge in [-0.1, -0.05) is 33.6 Å². The molecule has 3 nitrogen and oxygen atoms in total. The Balaban J connectivity index is 2.27. The maximum absolute atomic E-state index is 13.8. The number of rotatable bonds is 2. The average molecular weight is 351 g/mol. The van der Waals surface area contributed by atoms with Gasteiger partial charge in [-0.3, -0.25) is 4.79 Å². The van der Waals surface area contributed by atoms with Gasteiger partial charge >= 0.3 is 0 Å². The zero-order chi connectivity index (χ0) is 14.0. The summed E-state index contributed by atoms with van der Waals surface area (Å²) in [4.78, 5) is 14.1. The highest BCUT2D eigenvalue weighted by Crippen LogP contribution is 2.24. The van der Waals surface area contributed by atoms with Crippen LogP contribution in [-0.4, -0.2) is 41.4 Å². The molecule has 19 heavy (non-hydrogen) atoms. The molecule has 6 heteroatoms. The molecule has 0 aliphatic carbocycles. The van der Waals surface area contributed by atoms with Gasteiger partial charge in [0, 0.05) is 11.9 Å². The Kier molecular flexibility index (Phi) is 4.81. The van der Waals surface area contributed by atoms with Crippen LogP contribution in [0.2, 0.25) is 5.02 Å². The van der Waals surface area contributed by atoms with Crippen LogP contribution in [0.15, 0.2) is 18.2 Å². The number of nitrogens with zero attached hydrogens (tertiary/aromatic N) is 1. The fourth-order valence-electron chi connectivity index (χ4n) is 2.04. The summed E-state index contributed by atoms with van der Waals surface area (Å²) in [6.45, 7) is 2.74. The molecule has 104 valence electrons. The van der Waals surface area contributed by atoms with Crippen molar-refractivity contribution in [3.05, 3.63) is 34.6 Å². The first kappa shape index (κ1) is 14.8. The van der Waals surface area contributed by atoms with Crippen LogP contribution < -0.4 is 0 Å². The Labute approximate surface area is 124 Å². The molecule has 0 bridgehead atoms. The van der Waals surface area contributed by atoms with E-state index in [9.17, 15) is 9.18 Å². The lowest BCUT2D eigenvalue weighted by Crippen LogP contribution is -2.51. The van der Waals surface area contributed by atoms with Gasteiger partial charge in [0.05, 0.1) is 29.3 Å². The van der Waals surface area contributed by atoms with Gasteiger partial charge in [0.2, 0.25) is 0 Å². The smallest absolute Gasteiger partial charge is 0.258 e. The number of hydrogen-bond donors (Lipinski definition) is 0. The van der Waals surface area contributed by atoms with Crippen molar-refractivity contribution in [2.24, 2.45) is 0 Å². The van der Waals surface area contributed by atoms with Crippen molar-refractivity contribution in [1.29, 1.82) is 0 Å². The number of benzene rings is 1. The summed E-state index contributed by atoms with van der Waals surface area (Å²) in [6, 6.07) is 4.15. The van der Waals surface area contributed by atoms with Crippen molar-refractivity contribution in [2.45, 2.75) is 19.1 Å². The van der Waals surface area contributed by atoms with Crippen molar-refractivity contribution in [3.8, 4) is 0 Å². The summed E-state index contributed by atoms with van der Waals surface area (Å²) >= 11 is 9.26. The van der Waals surface area contributed by atoms with Gasteiger partial charge in [0.15, 0.2) is 0 Å². The number of carbonyl (C=O) groups is 1. The van der Waals surface area contributed by atoms with E-state index in [1.807, 2.05) is 6.92 Å². The molecule has 1 aliphatic rings. The number of carbonyl (C=O) groups excluding carboxylic acids is 1. The van der Waals surface area contributed by atoms with Gasteiger partial charge in [0.1, 0.15) is 5.82 Å². The van der Waals surface area contributed by atoms with Crippen molar-refractivity contribution >= 4 is 33.4 Å². The molecule has 1 saturated heterocycles. The highest BCUT2D eigenvalue weighted by atomic mass is 79.9. The second-order valence-electron chi connectivity index (χ2n) is 4.51. The van der Waals surface area contributed by atoms with Crippen molar-refractivity contribution in [3.63, 3.8) is 0 Å². The maximum atomic E-state index is 13.8. The largest absolute Gasteiger partial charge is 0.373 e. The molecule has 0 aromatic heterocycles. The zero-order valence-corrected chi connectivity index (χ0v) is 12.7. The molecule has 1 aromatic carbocycles. The predicted octanol–water partition coefficient (Wildman–Crippen LogP) is 3.10. The molecule has 2 rings (SSSR count). The molecule has 1 aliphatic heterocycles. The van der Waals surface area contributed by atoms with Gasteiger partial charge in [-0.15, -0.1) is 0 Å². The normalized spacial score (nSPS) is 23.5. The van der Waals surface area contributed by atoms with E-state index in [1.54, 1.807) is 4.90 Å². The second kappa shape index (κ2) is 6.20. The van der Waals surface area contributed by atoms with Crippen LogP contribution in [0.5, 0.6) is 0 Å². The number of hydrogen-bond acceptors (Lipinski definition) is 2. The highest BCUT2D eigenvalue weighted by molar-refractivity contribution is 9.09. The summed E-state index contributed by atoms with van der Waals surface area (Å²) in [5, 5.41) is 0.771. The SMILES string of the molecule is CC1COC(CBr)CN1C(=O)c1c(F)cccc1Cl. The van der Waals surface area contributed by atoms with Gasteiger partial charge in [0.25, 0.3) is 5.91 Å². The first-order chi connectivity index (χ1) is 9.04. The Bertz CT molecular complexity index is 465. The number of morpholine rings is 1. The molecule has 0 radical (unpaired) electrons. The number of ether oxygens (including phenoxy) is 1. The van der Waals surface area contributed by atoms with E-state index >= 15 is 0 Å². The minimum atomic E-state index is -0.591. The third-order valence-corrected chi connectivity index (χ3v) is 4.15. The van der Waals surface area contributed by atoms with Gasteiger partial charge in [-0.05, 0) is 19.1 Å². The monoisotopic (exact) mass is 349 g/mol. The number of halogens is 3. The lowest BCUT2D eigenvalue weighted by atomic mass is 10.1. The van der Waals surface area contributed by atoms with Crippen LogP contribution in [0.1, 0.15) is 17.3 Å². The van der Waals surface area contributed by atoms with Gasteiger partial charge in [-0.2, -0.15) is 0 Å². The van der Waals surface area contributed by atoms with E-state index in [-0.39, 0.29) is 28.6 Å². The highest BCUT2D eigenvalue weighted by Gasteiger charge is 2.31. The lowest BCUT2D eigenvalue weighted by Gasteiger charge is -2.37. The first-order valence-corrected chi connectivity index (χ1v) is 7.47. The van der Waals surface area contributed by atoms with Crippen molar-refractivity contribution in [1.82, 2.24) is 4.90 Å². The predicted molar refractivity (Wildman–Crippen MR) is 75.4 cm³/mol. The fourth-order valence-corrected chi connectivity index (χ4v) is 2.68. The minimum absolute atomic E-state index is 0.0637. The molecule has 2 unspecified atom stereocenters. The molecule has 1 amide bonds. The standard InChI is InChI=1S/C13H14BrClFNO2/c1-8-7-19-9(5-14)6-17(8)13(18)12-10(15)3-2-4-11(12)16/h2-4,8-9H,5-7H2,1H3. The minimum Gasteiger partial charge on any atom is -0.373 e.